The first-order valence-corrected chi connectivity index (χ1v) is 7.97. The first-order valence-electron chi connectivity index (χ1n) is 6.48. The van der Waals surface area contributed by atoms with Gasteiger partial charge in [-0.15, -0.1) is 0 Å². The maximum Gasteiger partial charge on any atom is 0.276 e. The van der Waals surface area contributed by atoms with Crippen LogP contribution in [0.3, 0.4) is 0 Å². The summed E-state index contributed by atoms with van der Waals surface area (Å²) in [7, 11) is -2.66. The average molecular weight is 350 g/mol. The lowest BCUT2D eigenvalue weighted by Crippen LogP contribution is -2.18. The molecule has 0 aliphatic carbocycles. The Morgan fingerprint density at radius 1 is 1.25 bits per heavy atom. The minimum Gasteiger partial charge on any atom is -0.865 e. The highest BCUT2D eigenvalue weighted by molar-refractivity contribution is 7.89. The fourth-order valence-corrected chi connectivity index (χ4v) is 2.60. The van der Waals surface area contributed by atoms with Crippen LogP contribution in [-0.2, 0) is 10.0 Å². The molecule has 0 spiro atoms. The van der Waals surface area contributed by atoms with Crippen molar-refractivity contribution >= 4 is 21.9 Å². The number of benzene rings is 2. The highest BCUT2D eigenvalue weighted by Gasteiger charge is 2.14. The molecule has 2 aromatic carbocycles. The van der Waals surface area contributed by atoms with Gasteiger partial charge in [-0.3, -0.25) is 10.1 Å². The van der Waals surface area contributed by atoms with Crippen molar-refractivity contribution in [2.45, 2.75) is 4.90 Å². The van der Waals surface area contributed by atoms with Crippen molar-refractivity contribution in [1.29, 1.82) is 0 Å². The number of hydrogen-bond acceptors (Lipinski definition) is 7. The molecule has 10 heteroatoms. The van der Waals surface area contributed by atoms with Gasteiger partial charge in [0.1, 0.15) is 5.75 Å². The lowest BCUT2D eigenvalue weighted by molar-refractivity contribution is -0.398. The molecule has 9 nitrogen and oxygen atoms in total. The molecule has 0 bridgehead atoms. The summed E-state index contributed by atoms with van der Waals surface area (Å²) in [6.07, 6.45) is 1.04. The second-order valence-corrected chi connectivity index (χ2v) is 6.16. The maximum atomic E-state index is 12.0. The summed E-state index contributed by atoms with van der Waals surface area (Å²) in [5.41, 5.74) is -0.560. The number of nitro benzene ring substituents is 1. The third-order valence-electron chi connectivity index (χ3n) is 2.91. The molecular weight excluding hydrogens is 338 g/mol. The van der Waals surface area contributed by atoms with Gasteiger partial charge in [-0.05, 0) is 18.2 Å². The van der Waals surface area contributed by atoms with Crippen LogP contribution in [0.15, 0.2) is 52.5 Å². The molecule has 0 aliphatic heterocycles. The van der Waals surface area contributed by atoms with E-state index in [1.165, 1.54) is 25.3 Å². The van der Waals surface area contributed by atoms with Crippen LogP contribution in [0.2, 0.25) is 0 Å². The van der Waals surface area contributed by atoms with E-state index in [9.17, 15) is 23.6 Å². The van der Waals surface area contributed by atoms with E-state index in [4.69, 9.17) is 4.74 Å². The Kier molecular flexibility index (Phi) is 4.99. The maximum absolute atomic E-state index is 12.0. The Hall–Kier alpha value is -3.14. The summed E-state index contributed by atoms with van der Waals surface area (Å²) in [6.45, 7) is 0. The first kappa shape index (κ1) is 17.2. The molecule has 0 atom stereocenters. The molecule has 0 unspecified atom stereocenters. The molecule has 0 amide bonds. The van der Waals surface area contributed by atoms with Crippen LogP contribution in [-0.4, -0.2) is 26.7 Å². The summed E-state index contributed by atoms with van der Waals surface area (Å²) in [5.74, 6) is -1.11. The van der Waals surface area contributed by atoms with Gasteiger partial charge in [0.15, 0.2) is 0 Å². The molecular formula is C14H12N3O6S-. The number of methoxy groups -OCH3 is 1. The van der Waals surface area contributed by atoms with E-state index in [1.54, 1.807) is 18.2 Å². The average Bonchev–Trinajstić information content (AvgIpc) is 2.56. The lowest BCUT2D eigenvalue weighted by atomic mass is 10.2. The Morgan fingerprint density at radius 2 is 1.92 bits per heavy atom. The zero-order chi connectivity index (χ0) is 17.7. The van der Waals surface area contributed by atoms with Crippen LogP contribution in [0.1, 0.15) is 5.56 Å². The van der Waals surface area contributed by atoms with Gasteiger partial charge in [-0.2, -0.15) is 13.5 Å². The van der Waals surface area contributed by atoms with Crippen LogP contribution in [0.4, 0.5) is 5.69 Å². The highest BCUT2D eigenvalue weighted by atomic mass is 32.2. The van der Waals surface area contributed by atoms with Gasteiger partial charge in [0.2, 0.25) is 0 Å². The van der Waals surface area contributed by atoms with E-state index in [2.05, 4.69) is 5.10 Å². The topological polar surface area (TPSA) is 134 Å². The molecule has 0 aromatic heterocycles. The molecule has 2 rings (SSSR count). The summed E-state index contributed by atoms with van der Waals surface area (Å²) in [4.78, 5) is 12.0. The van der Waals surface area contributed by atoms with E-state index < -0.39 is 26.4 Å². The van der Waals surface area contributed by atoms with Crippen molar-refractivity contribution < 1.29 is 23.2 Å². The minimum absolute atomic E-state index is 0.0145. The summed E-state index contributed by atoms with van der Waals surface area (Å²) >= 11 is 0. The van der Waals surface area contributed by atoms with Crippen molar-refractivity contribution in [2.75, 3.05) is 7.11 Å². The van der Waals surface area contributed by atoms with Gasteiger partial charge in [0.25, 0.3) is 15.7 Å². The normalized spacial score (nSPS) is 11.4. The monoisotopic (exact) mass is 350 g/mol. The number of ether oxygens (including phenoxy) is 1. The lowest BCUT2D eigenvalue weighted by Gasteiger charge is -2.13. The van der Waals surface area contributed by atoms with Crippen LogP contribution in [0, 0.1) is 10.1 Å². The Labute approximate surface area is 137 Å². The number of nitro groups is 1. The Morgan fingerprint density at radius 3 is 2.50 bits per heavy atom. The minimum atomic E-state index is -3.86. The van der Waals surface area contributed by atoms with Crippen molar-refractivity contribution in [1.82, 2.24) is 4.83 Å². The van der Waals surface area contributed by atoms with Crippen LogP contribution in [0.5, 0.6) is 11.5 Å². The SMILES string of the molecule is COc1cc(/C=N\NS(=O)(=O)c2ccccc2)cc([N+](=O)[O-])c1[O-]. The highest BCUT2D eigenvalue weighted by Crippen LogP contribution is 2.33. The standard InChI is InChI=1S/C14H13N3O6S/c1-23-13-8-10(7-12(14(13)18)17(19)20)9-15-16-24(21,22)11-5-3-2-4-6-11/h2-9,16,18H,1H3/p-1/b15-9-. The molecule has 2 aromatic rings. The largest absolute Gasteiger partial charge is 0.865 e. The van der Waals surface area contributed by atoms with Gasteiger partial charge in [-0.1, -0.05) is 18.2 Å². The van der Waals surface area contributed by atoms with Gasteiger partial charge in [0, 0.05) is 17.4 Å². The van der Waals surface area contributed by atoms with Gasteiger partial charge in [0.05, 0.1) is 23.1 Å². The number of hydrogen-bond donors (Lipinski definition) is 1. The number of nitrogens with one attached hydrogen (secondary N) is 1. The van der Waals surface area contributed by atoms with Crippen molar-refractivity contribution in [3.05, 3.63) is 58.1 Å². The van der Waals surface area contributed by atoms with Gasteiger partial charge < -0.3 is 9.84 Å². The molecule has 0 saturated carbocycles. The van der Waals surface area contributed by atoms with Gasteiger partial charge >= 0.3 is 0 Å². The quantitative estimate of drug-likeness (QED) is 0.469. The molecule has 0 fully saturated rings. The number of nitrogens with zero attached hydrogens (tertiary/aromatic N) is 2. The second kappa shape index (κ2) is 6.96. The zero-order valence-corrected chi connectivity index (χ0v) is 13.2. The molecule has 0 saturated heterocycles. The van der Waals surface area contributed by atoms with Crippen LogP contribution in [0.25, 0.3) is 0 Å². The smallest absolute Gasteiger partial charge is 0.276 e. The van der Waals surface area contributed by atoms with Crippen molar-refractivity contribution in [3.63, 3.8) is 0 Å². The van der Waals surface area contributed by atoms with E-state index in [-0.39, 0.29) is 16.2 Å². The van der Waals surface area contributed by atoms with Crippen molar-refractivity contribution in [2.24, 2.45) is 5.10 Å². The Balaban J connectivity index is 2.26. The molecule has 0 aliphatic rings. The van der Waals surface area contributed by atoms with Crippen molar-refractivity contribution in [3.8, 4) is 11.5 Å². The van der Waals surface area contributed by atoms with Crippen LogP contribution >= 0.6 is 0 Å². The number of sulfonamides is 1. The second-order valence-electron chi connectivity index (χ2n) is 4.49. The fourth-order valence-electron chi connectivity index (χ4n) is 1.79. The van der Waals surface area contributed by atoms with E-state index in [1.807, 2.05) is 4.83 Å². The molecule has 126 valence electrons. The predicted molar refractivity (Wildman–Crippen MR) is 83.5 cm³/mol. The third kappa shape index (κ3) is 3.79. The number of rotatable bonds is 6. The molecule has 0 radical (unpaired) electrons. The number of hydrazone groups is 1. The summed E-state index contributed by atoms with van der Waals surface area (Å²) < 4.78 is 28.7. The van der Waals surface area contributed by atoms with E-state index >= 15 is 0 Å². The molecule has 1 N–H and O–H groups in total. The van der Waals surface area contributed by atoms with E-state index in [0.717, 1.165) is 12.3 Å². The molecule has 0 heterocycles. The van der Waals surface area contributed by atoms with Gasteiger partial charge in [-0.25, -0.2) is 4.83 Å². The fraction of sp³-hybridized carbons (Fsp3) is 0.0714. The summed E-state index contributed by atoms with van der Waals surface area (Å²) in [5, 5.41) is 26.1. The van der Waals surface area contributed by atoms with Crippen LogP contribution < -0.4 is 14.7 Å². The first-order chi connectivity index (χ1) is 11.3. The zero-order valence-electron chi connectivity index (χ0n) is 12.4. The third-order valence-corrected chi connectivity index (χ3v) is 4.15. The van der Waals surface area contributed by atoms with E-state index in [0.29, 0.717) is 0 Å². The molecule has 24 heavy (non-hydrogen) atoms. The predicted octanol–water partition coefficient (Wildman–Crippen LogP) is 0.989. The summed E-state index contributed by atoms with van der Waals surface area (Å²) in [6, 6.07) is 9.74. The Bertz CT molecular complexity index is 881.